The molecule has 0 saturated heterocycles. The fourth-order valence-electron chi connectivity index (χ4n) is 3.89. The lowest BCUT2D eigenvalue weighted by Gasteiger charge is -2.19. The van der Waals surface area contributed by atoms with Gasteiger partial charge in [-0.25, -0.2) is 14.3 Å². The molecule has 0 atom stereocenters. The van der Waals surface area contributed by atoms with Crippen LogP contribution in [0.2, 0.25) is 0 Å². The first-order chi connectivity index (χ1) is 16.7. The van der Waals surface area contributed by atoms with Crippen molar-refractivity contribution in [2.75, 3.05) is 26.0 Å². The van der Waals surface area contributed by atoms with E-state index in [-0.39, 0.29) is 5.56 Å². The molecule has 8 nitrogen and oxygen atoms in total. The quantitative estimate of drug-likeness (QED) is 0.360. The number of aromatic nitrogens is 4. The van der Waals surface area contributed by atoms with Gasteiger partial charge in [0.1, 0.15) is 5.39 Å². The minimum absolute atomic E-state index is 0.203. The van der Waals surface area contributed by atoms with Gasteiger partial charge in [-0.05, 0) is 69.8 Å². The maximum absolute atomic E-state index is 13.2. The SMILES string of the molecule is C=CCn1c(=O)c2cnc(Nc3ccc(CCN(C)C)cc3)nc2n1-c1cccc(C(C)(C)O)c1. The number of nitrogens with zero attached hydrogens (tertiary/aromatic N) is 5. The first-order valence-electron chi connectivity index (χ1n) is 11.6. The van der Waals surface area contributed by atoms with Crippen molar-refractivity contribution in [3.8, 4) is 5.69 Å². The summed E-state index contributed by atoms with van der Waals surface area (Å²) >= 11 is 0. The summed E-state index contributed by atoms with van der Waals surface area (Å²) in [4.78, 5) is 24.4. The highest BCUT2D eigenvalue weighted by Gasteiger charge is 2.20. The van der Waals surface area contributed by atoms with Crippen LogP contribution < -0.4 is 10.9 Å². The monoisotopic (exact) mass is 472 g/mol. The zero-order valence-corrected chi connectivity index (χ0v) is 20.7. The van der Waals surface area contributed by atoms with Crippen LogP contribution in [-0.4, -0.2) is 50.0 Å². The number of nitrogens with one attached hydrogen (secondary N) is 1. The number of allylic oxidation sites excluding steroid dienone is 1. The highest BCUT2D eigenvalue weighted by molar-refractivity contribution is 5.77. The molecular weight excluding hydrogens is 440 g/mol. The molecule has 0 spiro atoms. The van der Waals surface area contributed by atoms with Crippen molar-refractivity contribution < 1.29 is 5.11 Å². The highest BCUT2D eigenvalue weighted by Crippen LogP contribution is 2.24. The van der Waals surface area contributed by atoms with E-state index in [4.69, 9.17) is 4.98 Å². The lowest BCUT2D eigenvalue weighted by molar-refractivity contribution is 0.0786. The summed E-state index contributed by atoms with van der Waals surface area (Å²) in [5, 5.41) is 14.2. The molecule has 0 aliphatic heterocycles. The maximum atomic E-state index is 13.2. The summed E-state index contributed by atoms with van der Waals surface area (Å²) in [5.41, 5.74) is 2.81. The Labute approximate surface area is 205 Å². The second kappa shape index (κ2) is 9.85. The van der Waals surface area contributed by atoms with Gasteiger partial charge in [0.25, 0.3) is 5.56 Å². The van der Waals surface area contributed by atoms with E-state index in [1.54, 1.807) is 35.5 Å². The average Bonchev–Trinajstić information content (AvgIpc) is 3.09. The van der Waals surface area contributed by atoms with Crippen molar-refractivity contribution in [1.29, 1.82) is 0 Å². The zero-order chi connectivity index (χ0) is 25.2. The molecule has 4 rings (SSSR count). The Bertz CT molecular complexity index is 1390. The van der Waals surface area contributed by atoms with Crippen molar-refractivity contribution in [3.05, 3.63) is 88.9 Å². The third-order valence-corrected chi connectivity index (χ3v) is 5.83. The maximum Gasteiger partial charge on any atom is 0.278 e. The minimum atomic E-state index is -1.02. The third kappa shape index (κ3) is 5.34. The second-order valence-corrected chi connectivity index (χ2v) is 9.40. The van der Waals surface area contributed by atoms with Crippen LogP contribution in [0.15, 0.2) is 72.2 Å². The molecule has 0 aliphatic rings. The molecule has 35 heavy (non-hydrogen) atoms. The first-order valence-corrected chi connectivity index (χ1v) is 11.6. The summed E-state index contributed by atoms with van der Waals surface area (Å²) in [6, 6.07) is 15.6. The molecule has 2 heterocycles. The molecule has 2 N–H and O–H groups in total. The van der Waals surface area contributed by atoms with E-state index in [0.29, 0.717) is 29.2 Å². The largest absolute Gasteiger partial charge is 0.386 e. The van der Waals surface area contributed by atoms with Gasteiger partial charge in [0.2, 0.25) is 5.95 Å². The van der Waals surface area contributed by atoms with E-state index >= 15 is 0 Å². The molecule has 2 aromatic carbocycles. The Morgan fingerprint density at radius 1 is 1.17 bits per heavy atom. The van der Waals surface area contributed by atoms with E-state index in [1.807, 2.05) is 36.4 Å². The van der Waals surface area contributed by atoms with E-state index in [2.05, 4.69) is 48.0 Å². The molecule has 0 amide bonds. The predicted molar refractivity (Wildman–Crippen MR) is 141 cm³/mol. The van der Waals surface area contributed by atoms with Gasteiger partial charge in [-0.15, -0.1) is 6.58 Å². The van der Waals surface area contributed by atoms with Gasteiger partial charge in [0.15, 0.2) is 5.65 Å². The predicted octanol–water partition coefficient (Wildman–Crippen LogP) is 3.84. The Morgan fingerprint density at radius 3 is 2.57 bits per heavy atom. The van der Waals surface area contributed by atoms with Crippen LogP contribution in [0.3, 0.4) is 0 Å². The number of hydrogen-bond donors (Lipinski definition) is 2. The molecule has 0 bridgehead atoms. The number of benzene rings is 2. The van der Waals surface area contributed by atoms with Gasteiger partial charge in [-0.2, -0.15) is 4.98 Å². The summed E-state index contributed by atoms with van der Waals surface area (Å²) in [7, 11) is 4.12. The Kier molecular flexibility index (Phi) is 6.86. The van der Waals surface area contributed by atoms with Crippen LogP contribution in [0.5, 0.6) is 0 Å². The number of likely N-dealkylation sites (N-methyl/N-ethyl adjacent to an activating group) is 1. The van der Waals surface area contributed by atoms with Crippen LogP contribution in [0.1, 0.15) is 25.0 Å². The number of fused-ring (bicyclic) bond motifs is 1. The van der Waals surface area contributed by atoms with Crippen LogP contribution in [0.4, 0.5) is 11.6 Å². The number of anilines is 2. The van der Waals surface area contributed by atoms with Gasteiger partial charge in [-0.1, -0.05) is 30.3 Å². The molecular formula is C27H32N6O2. The van der Waals surface area contributed by atoms with E-state index in [9.17, 15) is 9.90 Å². The molecule has 2 aromatic heterocycles. The fraction of sp³-hybridized carbons (Fsp3) is 0.296. The fourth-order valence-corrected chi connectivity index (χ4v) is 3.89. The first kappa shape index (κ1) is 24.4. The number of aliphatic hydroxyl groups is 1. The minimum Gasteiger partial charge on any atom is -0.386 e. The van der Waals surface area contributed by atoms with Crippen LogP contribution in [0.25, 0.3) is 16.7 Å². The van der Waals surface area contributed by atoms with Gasteiger partial charge in [-0.3, -0.25) is 4.79 Å². The van der Waals surface area contributed by atoms with Crippen molar-refractivity contribution in [2.24, 2.45) is 0 Å². The van der Waals surface area contributed by atoms with Crippen LogP contribution in [0, 0.1) is 0 Å². The molecule has 182 valence electrons. The number of rotatable bonds is 9. The van der Waals surface area contributed by atoms with Crippen molar-refractivity contribution in [1.82, 2.24) is 24.2 Å². The average molecular weight is 473 g/mol. The number of hydrogen-bond acceptors (Lipinski definition) is 6. The van der Waals surface area contributed by atoms with Gasteiger partial charge < -0.3 is 15.3 Å². The summed E-state index contributed by atoms with van der Waals surface area (Å²) in [6.07, 6.45) is 4.19. The van der Waals surface area contributed by atoms with E-state index in [1.165, 1.54) is 5.56 Å². The molecule has 4 aromatic rings. The molecule has 0 unspecified atom stereocenters. The topological polar surface area (TPSA) is 88.2 Å². The van der Waals surface area contributed by atoms with Crippen molar-refractivity contribution in [2.45, 2.75) is 32.4 Å². The smallest absolute Gasteiger partial charge is 0.278 e. The normalized spacial score (nSPS) is 11.8. The summed E-state index contributed by atoms with van der Waals surface area (Å²) in [5.74, 6) is 0.390. The van der Waals surface area contributed by atoms with Gasteiger partial charge in [0, 0.05) is 18.4 Å². The van der Waals surface area contributed by atoms with E-state index < -0.39 is 5.60 Å². The molecule has 0 fully saturated rings. The Balaban J connectivity index is 1.74. The third-order valence-electron chi connectivity index (χ3n) is 5.83. The van der Waals surface area contributed by atoms with Crippen molar-refractivity contribution in [3.63, 3.8) is 0 Å². The lowest BCUT2D eigenvalue weighted by Crippen LogP contribution is -2.22. The molecule has 8 heteroatoms. The summed E-state index contributed by atoms with van der Waals surface area (Å²) in [6.45, 7) is 8.55. The summed E-state index contributed by atoms with van der Waals surface area (Å²) < 4.78 is 3.32. The van der Waals surface area contributed by atoms with Crippen molar-refractivity contribution >= 4 is 22.7 Å². The lowest BCUT2D eigenvalue weighted by atomic mass is 9.98. The van der Waals surface area contributed by atoms with Crippen LogP contribution >= 0.6 is 0 Å². The standard InChI is InChI=1S/C27H32N6O2/c1-6-15-32-25(34)23-18-28-26(29-21-12-10-19(11-13-21)14-16-31(4)5)30-24(23)33(32)22-9-7-8-20(17-22)27(2,3)35/h6-13,17-18,35H,1,14-16H2,2-5H3,(H,28,29,30). The second-order valence-electron chi connectivity index (χ2n) is 9.40. The van der Waals surface area contributed by atoms with Gasteiger partial charge >= 0.3 is 0 Å². The molecule has 0 saturated carbocycles. The highest BCUT2D eigenvalue weighted by atomic mass is 16.3. The Hall–Kier alpha value is -3.75. The van der Waals surface area contributed by atoms with Crippen LogP contribution in [-0.2, 0) is 18.6 Å². The van der Waals surface area contributed by atoms with Gasteiger partial charge in [0.05, 0.1) is 17.8 Å². The molecule has 0 aliphatic carbocycles. The zero-order valence-electron chi connectivity index (χ0n) is 20.7. The Morgan fingerprint density at radius 2 is 1.91 bits per heavy atom. The molecule has 0 radical (unpaired) electrons. The van der Waals surface area contributed by atoms with E-state index in [0.717, 1.165) is 24.2 Å².